The third-order valence-electron chi connectivity index (χ3n) is 9.13. The molecule has 2 amide bonds. The number of carbonyl (C=O) groups excluding carboxylic acids is 3. The number of benzene rings is 2. The monoisotopic (exact) mass is 651 g/mol. The Labute approximate surface area is 275 Å². The standard InChI is InChI=1S/C35H45N3O9/c1-3-46-33-28(13-19-44-21-22-45-20-18-39)29(25-9-11-26(12-10-25)32(41)43-2)23-30(47-33)31(40)37-16-14-35(15-17-37)34(42)36-24-38(35)27-7-5-4-6-8-27/h4-12,23,28-29,33,39H,3,13-22,24H2,1-2H3,(H,36,42)/t28-,29-,33-/m0/s1. The predicted octanol–water partition coefficient (Wildman–Crippen LogP) is 2.82. The Morgan fingerprint density at radius 2 is 1.70 bits per heavy atom. The van der Waals surface area contributed by atoms with Gasteiger partial charge >= 0.3 is 5.97 Å². The van der Waals surface area contributed by atoms with E-state index in [0.29, 0.717) is 71.0 Å². The zero-order chi connectivity index (χ0) is 33.2. The molecule has 0 saturated carbocycles. The van der Waals surface area contributed by atoms with Crippen LogP contribution in [-0.4, -0.2) is 106 Å². The minimum Gasteiger partial charge on any atom is -0.465 e. The Balaban J connectivity index is 1.34. The number of aliphatic hydroxyl groups excluding tert-OH is 1. The van der Waals surface area contributed by atoms with Gasteiger partial charge < -0.3 is 43.9 Å². The van der Waals surface area contributed by atoms with E-state index in [9.17, 15) is 14.4 Å². The topological polar surface area (TPSA) is 136 Å². The van der Waals surface area contributed by atoms with E-state index in [0.717, 1.165) is 11.3 Å². The molecule has 0 aromatic heterocycles. The lowest BCUT2D eigenvalue weighted by Crippen LogP contribution is -2.57. The molecular formula is C35H45N3O9. The number of nitrogens with one attached hydrogen (secondary N) is 1. The average molecular weight is 652 g/mol. The SMILES string of the molecule is CCO[C@H]1OC(C(=O)N2CCC3(CC2)C(=O)NCN3c2ccccc2)=C[C@@H](c2ccc(C(=O)OC)cc2)[C@@H]1CCOCCOCCO. The van der Waals surface area contributed by atoms with E-state index in [1.807, 2.05) is 55.5 Å². The fraction of sp³-hybridized carbons (Fsp3) is 0.514. The van der Waals surface area contributed by atoms with E-state index < -0.39 is 17.8 Å². The number of likely N-dealkylation sites (tertiary alicyclic amines) is 1. The molecule has 47 heavy (non-hydrogen) atoms. The maximum Gasteiger partial charge on any atom is 0.337 e. The first-order valence-corrected chi connectivity index (χ1v) is 16.3. The van der Waals surface area contributed by atoms with Gasteiger partial charge in [0.2, 0.25) is 12.2 Å². The number of methoxy groups -OCH3 is 1. The zero-order valence-electron chi connectivity index (χ0n) is 27.1. The van der Waals surface area contributed by atoms with Crippen LogP contribution < -0.4 is 10.2 Å². The fourth-order valence-electron chi connectivity index (χ4n) is 6.64. The number of anilines is 1. The van der Waals surface area contributed by atoms with Crippen LogP contribution >= 0.6 is 0 Å². The highest BCUT2D eigenvalue weighted by Crippen LogP contribution is 2.41. The second-order valence-corrected chi connectivity index (χ2v) is 11.8. The molecule has 1 spiro atoms. The molecule has 12 nitrogen and oxygen atoms in total. The van der Waals surface area contributed by atoms with Gasteiger partial charge in [-0.25, -0.2) is 4.79 Å². The Morgan fingerprint density at radius 3 is 2.36 bits per heavy atom. The van der Waals surface area contributed by atoms with Crippen molar-refractivity contribution in [2.24, 2.45) is 5.92 Å². The number of hydrogen-bond acceptors (Lipinski definition) is 10. The number of hydrogen-bond donors (Lipinski definition) is 2. The van der Waals surface area contributed by atoms with Crippen molar-refractivity contribution >= 4 is 23.5 Å². The molecule has 3 aliphatic heterocycles. The van der Waals surface area contributed by atoms with Crippen LogP contribution in [0.1, 0.15) is 48.0 Å². The van der Waals surface area contributed by atoms with Crippen LogP contribution in [0.15, 0.2) is 66.4 Å². The van der Waals surface area contributed by atoms with Crippen molar-refractivity contribution in [1.29, 1.82) is 0 Å². The lowest BCUT2D eigenvalue weighted by Gasteiger charge is -2.44. The van der Waals surface area contributed by atoms with Crippen molar-refractivity contribution in [3.63, 3.8) is 0 Å². The van der Waals surface area contributed by atoms with Gasteiger partial charge in [-0.1, -0.05) is 30.3 Å². The van der Waals surface area contributed by atoms with Gasteiger partial charge in [-0.2, -0.15) is 0 Å². The molecule has 2 aromatic carbocycles. The van der Waals surface area contributed by atoms with Gasteiger partial charge in [-0.15, -0.1) is 0 Å². The number of ether oxygens (including phenoxy) is 5. The first kappa shape index (κ1) is 34.4. The molecule has 2 saturated heterocycles. The van der Waals surface area contributed by atoms with Crippen LogP contribution in [0, 0.1) is 5.92 Å². The van der Waals surface area contributed by atoms with Gasteiger partial charge in [0.1, 0.15) is 5.54 Å². The summed E-state index contributed by atoms with van der Waals surface area (Å²) in [5.41, 5.74) is 1.57. The maximum absolute atomic E-state index is 14.0. The first-order valence-electron chi connectivity index (χ1n) is 16.3. The average Bonchev–Trinajstić information content (AvgIpc) is 3.42. The summed E-state index contributed by atoms with van der Waals surface area (Å²) in [7, 11) is 1.34. The molecule has 2 fully saturated rings. The summed E-state index contributed by atoms with van der Waals surface area (Å²) in [6, 6.07) is 17.0. The maximum atomic E-state index is 14.0. The lowest BCUT2D eigenvalue weighted by molar-refractivity contribution is -0.172. The summed E-state index contributed by atoms with van der Waals surface area (Å²) >= 11 is 0. The summed E-state index contributed by atoms with van der Waals surface area (Å²) in [4.78, 5) is 43.2. The Morgan fingerprint density at radius 1 is 1.00 bits per heavy atom. The molecule has 254 valence electrons. The Hall–Kier alpha value is -3.97. The predicted molar refractivity (Wildman–Crippen MR) is 172 cm³/mol. The first-order chi connectivity index (χ1) is 22.9. The molecule has 12 heteroatoms. The van der Waals surface area contributed by atoms with Crippen molar-refractivity contribution in [3.8, 4) is 0 Å². The van der Waals surface area contributed by atoms with E-state index in [1.165, 1.54) is 7.11 Å². The van der Waals surface area contributed by atoms with Crippen molar-refractivity contribution in [2.45, 2.75) is 43.9 Å². The molecule has 0 bridgehead atoms. The van der Waals surface area contributed by atoms with Gasteiger partial charge in [0, 0.05) is 43.8 Å². The second-order valence-electron chi connectivity index (χ2n) is 11.8. The van der Waals surface area contributed by atoms with Crippen molar-refractivity contribution < 1.29 is 43.2 Å². The molecule has 5 rings (SSSR count). The number of aliphatic hydroxyl groups is 1. The second kappa shape index (κ2) is 16.2. The summed E-state index contributed by atoms with van der Waals surface area (Å²) in [6.07, 6.45) is 2.68. The van der Waals surface area contributed by atoms with Crippen LogP contribution in [0.3, 0.4) is 0 Å². The highest BCUT2D eigenvalue weighted by Gasteiger charge is 2.51. The number of esters is 1. The molecule has 0 aliphatic carbocycles. The molecule has 0 unspecified atom stereocenters. The van der Waals surface area contributed by atoms with E-state index in [-0.39, 0.29) is 42.6 Å². The largest absolute Gasteiger partial charge is 0.465 e. The van der Waals surface area contributed by atoms with Crippen LogP contribution in [0.2, 0.25) is 0 Å². The minimum absolute atomic E-state index is 0.0153. The fourth-order valence-corrected chi connectivity index (χ4v) is 6.64. The van der Waals surface area contributed by atoms with E-state index in [2.05, 4.69) is 10.2 Å². The number of allylic oxidation sites excluding steroid dienone is 1. The number of para-hydroxylation sites is 1. The van der Waals surface area contributed by atoms with Gasteiger partial charge in [0.15, 0.2) is 5.76 Å². The summed E-state index contributed by atoms with van der Waals surface area (Å²) in [5, 5.41) is 11.9. The van der Waals surface area contributed by atoms with E-state index >= 15 is 0 Å². The van der Waals surface area contributed by atoms with Gasteiger partial charge in [0.05, 0.1) is 45.8 Å². The number of rotatable bonds is 14. The number of piperidine rings is 1. The smallest absolute Gasteiger partial charge is 0.337 e. The molecule has 2 N–H and O–H groups in total. The number of amides is 2. The minimum atomic E-state index is -0.716. The summed E-state index contributed by atoms with van der Waals surface area (Å²) < 4.78 is 28.4. The molecule has 3 aliphatic rings. The van der Waals surface area contributed by atoms with Crippen LogP contribution in [-0.2, 0) is 33.3 Å². The Bertz CT molecular complexity index is 1380. The van der Waals surface area contributed by atoms with Crippen LogP contribution in [0.5, 0.6) is 0 Å². The summed E-state index contributed by atoms with van der Waals surface area (Å²) in [5.74, 6) is -0.961. The molecular weight excluding hydrogens is 606 g/mol. The number of carbonyl (C=O) groups is 3. The molecule has 0 radical (unpaired) electrons. The zero-order valence-corrected chi connectivity index (χ0v) is 27.1. The van der Waals surface area contributed by atoms with Gasteiger partial charge in [0.25, 0.3) is 5.91 Å². The molecule has 3 heterocycles. The highest BCUT2D eigenvalue weighted by atomic mass is 16.7. The van der Waals surface area contributed by atoms with E-state index in [1.54, 1.807) is 17.0 Å². The third-order valence-corrected chi connectivity index (χ3v) is 9.13. The third kappa shape index (κ3) is 7.78. The van der Waals surface area contributed by atoms with Crippen molar-refractivity contribution in [1.82, 2.24) is 10.2 Å². The van der Waals surface area contributed by atoms with E-state index in [4.69, 9.17) is 28.8 Å². The highest BCUT2D eigenvalue weighted by molar-refractivity contribution is 5.95. The normalized spacial score (nSPS) is 22.1. The molecule has 3 atom stereocenters. The quantitative estimate of drug-likeness (QED) is 0.232. The number of nitrogens with zero attached hydrogens (tertiary/aromatic N) is 2. The van der Waals surface area contributed by atoms with Gasteiger partial charge in [-0.3, -0.25) is 9.59 Å². The molecule has 2 aromatic rings. The van der Waals surface area contributed by atoms with Crippen molar-refractivity contribution in [3.05, 3.63) is 77.6 Å². The van der Waals surface area contributed by atoms with Gasteiger partial charge in [-0.05, 0) is 62.1 Å². The lowest BCUT2D eigenvalue weighted by atomic mass is 9.81. The van der Waals surface area contributed by atoms with Crippen LogP contribution in [0.25, 0.3) is 0 Å². The van der Waals surface area contributed by atoms with Crippen molar-refractivity contribution in [2.75, 3.05) is 71.4 Å². The van der Waals surface area contributed by atoms with Crippen LogP contribution in [0.4, 0.5) is 5.69 Å². The Kier molecular flexibility index (Phi) is 11.9. The summed E-state index contributed by atoms with van der Waals surface area (Å²) in [6.45, 7) is 4.84.